The summed E-state index contributed by atoms with van der Waals surface area (Å²) in [4.78, 5) is 14.7. The minimum absolute atomic E-state index is 0.0247. The van der Waals surface area contributed by atoms with Gasteiger partial charge in [-0.15, -0.1) is 0 Å². The fraction of sp³-hybridized carbons (Fsp3) is 0.524. The van der Waals surface area contributed by atoms with E-state index in [-0.39, 0.29) is 17.9 Å². The summed E-state index contributed by atoms with van der Waals surface area (Å²) in [5, 5.41) is 9.86. The third-order valence-electron chi connectivity index (χ3n) is 5.72. The summed E-state index contributed by atoms with van der Waals surface area (Å²) in [6.45, 7) is 5.89. The van der Waals surface area contributed by atoms with Crippen molar-refractivity contribution in [2.24, 2.45) is 0 Å². The number of amides is 1. The van der Waals surface area contributed by atoms with Crippen LogP contribution >= 0.6 is 0 Å². The lowest BCUT2D eigenvalue weighted by atomic mass is 9.96. The Kier molecular flexibility index (Phi) is 6.19. The highest BCUT2D eigenvalue weighted by atomic mass is 19.4. The van der Waals surface area contributed by atoms with Gasteiger partial charge in [0.15, 0.2) is 11.7 Å². The number of carbonyl (C=O) groups is 1. The van der Waals surface area contributed by atoms with Crippen molar-refractivity contribution in [3.8, 4) is 0 Å². The maximum Gasteiger partial charge on any atom is 0.410 e. The first-order valence-electron chi connectivity index (χ1n) is 10.4. The van der Waals surface area contributed by atoms with Gasteiger partial charge in [0.1, 0.15) is 5.82 Å². The maximum atomic E-state index is 13.8. The lowest BCUT2D eigenvalue weighted by Gasteiger charge is -2.33. The van der Waals surface area contributed by atoms with E-state index >= 15 is 0 Å². The van der Waals surface area contributed by atoms with Crippen LogP contribution in [0.1, 0.15) is 40.1 Å². The Morgan fingerprint density at radius 1 is 1.26 bits per heavy atom. The monoisotopic (exact) mass is 437 g/mol. The molecule has 1 saturated heterocycles. The Hall–Kier alpha value is -2.59. The second kappa shape index (κ2) is 8.88. The number of ether oxygens (including phenoxy) is 1. The largest absolute Gasteiger partial charge is 0.410 e. The van der Waals surface area contributed by atoms with Crippen LogP contribution in [0.2, 0.25) is 0 Å². The van der Waals surface area contributed by atoms with Gasteiger partial charge in [-0.05, 0) is 12.5 Å². The number of benzene rings is 1. The van der Waals surface area contributed by atoms with Crippen LogP contribution in [0.5, 0.6) is 0 Å². The number of nitrogens with one attached hydrogen (secondary N) is 2. The zero-order chi connectivity index (χ0) is 22.0. The van der Waals surface area contributed by atoms with Crippen molar-refractivity contribution < 1.29 is 22.7 Å². The summed E-state index contributed by atoms with van der Waals surface area (Å²) < 4.78 is 47.5. The average Bonchev–Trinajstić information content (AvgIpc) is 3.18. The molecule has 4 rings (SSSR count). The molecule has 10 heteroatoms. The molecule has 2 N–H and O–H groups in total. The van der Waals surface area contributed by atoms with E-state index in [1.54, 1.807) is 0 Å². The number of nitrogens with zero attached hydrogens (tertiary/aromatic N) is 3. The SMILES string of the molecule is Cc1ccc([C@@H]2C[C@@H](C(F)(F)F)n3nc(C(=O)NCCN4CCOCC4)cc3N2)cc1. The van der Waals surface area contributed by atoms with Crippen LogP contribution in [-0.2, 0) is 4.74 Å². The maximum absolute atomic E-state index is 13.8. The molecule has 2 aliphatic rings. The molecule has 1 aromatic heterocycles. The molecule has 2 atom stereocenters. The van der Waals surface area contributed by atoms with E-state index in [2.05, 4.69) is 20.6 Å². The number of aromatic nitrogens is 2. The average molecular weight is 437 g/mol. The van der Waals surface area contributed by atoms with Crippen molar-refractivity contribution in [3.63, 3.8) is 0 Å². The predicted octanol–water partition coefficient (Wildman–Crippen LogP) is 2.91. The van der Waals surface area contributed by atoms with Crippen molar-refractivity contribution in [1.82, 2.24) is 20.0 Å². The topological polar surface area (TPSA) is 71.4 Å². The molecule has 2 aliphatic heterocycles. The zero-order valence-electron chi connectivity index (χ0n) is 17.3. The Balaban J connectivity index is 1.48. The Labute approximate surface area is 178 Å². The number of carbonyl (C=O) groups excluding carboxylic acids is 1. The van der Waals surface area contributed by atoms with E-state index in [1.807, 2.05) is 31.2 Å². The van der Waals surface area contributed by atoms with Gasteiger partial charge in [0.05, 0.1) is 19.3 Å². The molecule has 1 amide bonds. The molecule has 2 aromatic rings. The Bertz CT molecular complexity index is 907. The van der Waals surface area contributed by atoms with Gasteiger partial charge in [-0.1, -0.05) is 29.8 Å². The van der Waals surface area contributed by atoms with Gasteiger partial charge in [0.25, 0.3) is 5.91 Å². The van der Waals surface area contributed by atoms with Crippen LogP contribution in [0.15, 0.2) is 30.3 Å². The fourth-order valence-electron chi connectivity index (χ4n) is 3.94. The zero-order valence-corrected chi connectivity index (χ0v) is 17.3. The van der Waals surface area contributed by atoms with Crippen molar-refractivity contribution >= 4 is 11.7 Å². The standard InChI is InChI=1S/C21H26F3N5O2/c1-14-2-4-15(5-3-14)16-12-18(21(22,23)24)29-19(26-16)13-17(27-29)20(30)25-6-7-28-8-10-31-11-9-28/h2-5,13,16,18,26H,6-12H2,1H3,(H,25,30)/t16-,18-/m0/s1. The normalized spacial score (nSPS) is 21.9. The summed E-state index contributed by atoms with van der Waals surface area (Å²) in [5.74, 6) is -0.290. The summed E-state index contributed by atoms with van der Waals surface area (Å²) in [6, 6.07) is 6.47. The molecule has 0 spiro atoms. The first-order valence-corrected chi connectivity index (χ1v) is 10.4. The molecule has 1 fully saturated rings. The number of fused-ring (bicyclic) bond motifs is 1. The molecule has 7 nitrogen and oxygen atoms in total. The minimum atomic E-state index is -4.48. The molecule has 1 aromatic carbocycles. The molecule has 0 saturated carbocycles. The lowest BCUT2D eigenvalue weighted by molar-refractivity contribution is -0.173. The summed E-state index contributed by atoms with van der Waals surface area (Å²) in [6.07, 6.45) is -4.67. The number of morpholine rings is 1. The van der Waals surface area contributed by atoms with Crippen molar-refractivity contribution in [1.29, 1.82) is 0 Å². The first-order chi connectivity index (χ1) is 14.8. The molecule has 3 heterocycles. The molecular formula is C21H26F3N5O2. The second-order valence-corrected chi connectivity index (χ2v) is 7.97. The van der Waals surface area contributed by atoms with Gasteiger partial charge >= 0.3 is 6.18 Å². The number of hydrogen-bond donors (Lipinski definition) is 2. The van der Waals surface area contributed by atoms with Crippen LogP contribution in [0.25, 0.3) is 0 Å². The molecule has 0 bridgehead atoms. The van der Waals surface area contributed by atoms with Crippen LogP contribution in [0, 0.1) is 6.92 Å². The molecular weight excluding hydrogens is 411 g/mol. The molecule has 0 aliphatic carbocycles. The third-order valence-corrected chi connectivity index (χ3v) is 5.72. The lowest BCUT2D eigenvalue weighted by Crippen LogP contribution is -2.41. The van der Waals surface area contributed by atoms with Gasteiger partial charge in [-0.25, -0.2) is 4.68 Å². The summed E-state index contributed by atoms with van der Waals surface area (Å²) >= 11 is 0. The molecule has 0 radical (unpaired) electrons. The van der Waals surface area contributed by atoms with Crippen LogP contribution in [-0.4, -0.2) is 66.2 Å². The predicted molar refractivity (Wildman–Crippen MR) is 109 cm³/mol. The van der Waals surface area contributed by atoms with Crippen molar-refractivity contribution in [3.05, 3.63) is 47.2 Å². The van der Waals surface area contributed by atoms with Crippen molar-refractivity contribution in [2.45, 2.75) is 31.6 Å². The van der Waals surface area contributed by atoms with Crippen LogP contribution in [0.4, 0.5) is 19.0 Å². The number of halogens is 3. The van der Waals surface area contributed by atoms with Crippen LogP contribution in [0.3, 0.4) is 0 Å². The molecule has 31 heavy (non-hydrogen) atoms. The van der Waals surface area contributed by atoms with E-state index in [9.17, 15) is 18.0 Å². The number of rotatable bonds is 5. The summed E-state index contributed by atoms with van der Waals surface area (Å²) in [5.41, 5.74) is 1.78. The second-order valence-electron chi connectivity index (χ2n) is 7.97. The highest BCUT2D eigenvalue weighted by molar-refractivity contribution is 5.93. The summed E-state index contributed by atoms with van der Waals surface area (Å²) in [7, 11) is 0. The Morgan fingerprint density at radius 2 is 1.97 bits per heavy atom. The highest BCUT2D eigenvalue weighted by Crippen LogP contribution is 2.43. The first kappa shape index (κ1) is 21.6. The van der Waals surface area contributed by atoms with Gasteiger partial charge < -0.3 is 15.4 Å². The van der Waals surface area contributed by atoms with Gasteiger partial charge in [-0.2, -0.15) is 18.3 Å². The van der Waals surface area contributed by atoms with Gasteiger partial charge in [-0.3, -0.25) is 9.69 Å². The van der Waals surface area contributed by atoms with Gasteiger partial charge in [0, 0.05) is 38.7 Å². The van der Waals surface area contributed by atoms with Crippen molar-refractivity contribution in [2.75, 3.05) is 44.7 Å². The third kappa shape index (κ3) is 5.01. The fourth-order valence-corrected chi connectivity index (χ4v) is 3.94. The van der Waals surface area contributed by atoms with E-state index < -0.39 is 24.2 Å². The Morgan fingerprint density at radius 3 is 2.65 bits per heavy atom. The van der Waals surface area contributed by atoms with E-state index in [0.717, 1.165) is 28.9 Å². The van der Waals surface area contributed by atoms with E-state index in [0.29, 0.717) is 26.3 Å². The van der Waals surface area contributed by atoms with E-state index in [4.69, 9.17) is 4.74 Å². The van der Waals surface area contributed by atoms with E-state index in [1.165, 1.54) is 6.07 Å². The highest BCUT2D eigenvalue weighted by Gasteiger charge is 2.46. The number of hydrogen-bond acceptors (Lipinski definition) is 5. The number of alkyl halides is 3. The number of anilines is 1. The quantitative estimate of drug-likeness (QED) is 0.753. The van der Waals surface area contributed by atoms with Crippen LogP contribution < -0.4 is 10.6 Å². The number of aryl methyl sites for hydroxylation is 1. The minimum Gasteiger partial charge on any atom is -0.379 e. The molecule has 168 valence electrons. The van der Waals surface area contributed by atoms with Gasteiger partial charge in [0.2, 0.25) is 0 Å². The molecule has 0 unspecified atom stereocenters. The smallest absolute Gasteiger partial charge is 0.379 e.